The summed E-state index contributed by atoms with van der Waals surface area (Å²) in [5.41, 5.74) is 2.77. The molecule has 0 bridgehead atoms. The van der Waals surface area contributed by atoms with Gasteiger partial charge < -0.3 is 19.7 Å². The molecule has 4 aromatic carbocycles. The summed E-state index contributed by atoms with van der Waals surface area (Å²) in [5.74, 6) is -2.14. The van der Waals surface area contributed by atoms with Gasteiger partial charge in [-0.15, -0.1) is 11.8 Å². The van der Waals surface area contributed by atoms with Crippen LogP contribution in [-0.4, -0.2) is 56.3 Å². The zero-order chi connectivity index (χ0) is 34.3. The molecule has 2 fully saturated rings. The molecule has 49 heavy (non-hydrogen) atoms. The lowest BCUT2D eigenvalue weighted by Gasteiger charge is -2.43. The van der Waals surface area contributed by atoms with Crippen molar-refractivity contribution >= 4 is 41.2 Å². The van der Waals surface area contributed by atoms with Crippen molar-refractivity contribution in [2.45, 2.75) is 41.8 Å². The van der Waals surface area contributed by atoms with Crippen molar-refractivity contribution in [2.24, 2.45) is 0 Å². The fraction of sp³-hybridized carbons (Fsp3) is 0.189. The van der Waals surface area contributed by atoms with Crippen molar-refractivity contribution in [2.75, 3.05) is 0 Å². The number of nitro benzene ring substituents is 1. The third kappa shape index (κ3) is 7.71. The van der Waals surface area contributed by atoms with Crippen LogP contribution in [0.1, 0.15) is 28.4 Å². The van der Waals surface area contributed by atoms with Crippen LogP contribution in [0.2, 0.25) is 0 Å². The highest BCUT2D eigenvalue weighted by atomic mass is 32.2. The van der Waals surface area contributed by atoms with Crippen LogP contribution in [0.25, 0.3) is 0 Å². The lowest BCUT2D eigenvalue weighted by atomic mass is 10.0. The number of hydrogen-bond donors (Lipinski definition) is 1. The summed E-state index contributed by atoms with van der Waals surface area (Å²) in [5, 5.41) is 12.5. The van der Waals surface area contributed by atoms with E-state index >= 15 is 0 Å². The molecule has 0 spiro atoms. The molecule has 6 rings (SSSR count). The first kappa shape index (κ1) is 33.2. The summed E-state index contributed by atoms with van der Waals surface area (Å²) in [6.07, 6.45) is 2.17. The number of fused-ring (bicyclic) bond motifs is 1. The Kier molecular flexibility index (Phi) is 10.1. The molecule has 1 N–H and O–H groups in total. The van der Waals surface area contributed by atoms with E-state index in [2.05, 4.69) is 5.32 Å². The van der Waals surface area contributed by atoms with E-state index in [-0.39, 0.29) is 24.6 Å². The average molecular weight is 678 g/mol. The van der Waals surface area contributed by atoms with Crippen LogP contribution in [0.3, 0.4) is 0 Å². The van der Waals surface area contributed by atoms with Crippen LogP contribution in [0.5, 0.6) is 0 Å². The van der Waals surface area contributed by atoms with Gasteiger partial charge in [0, 0.05) is 18.2 Å². The van der Waals surface area contributed by atoms with E-state index in [1.165, 1.54) is 53.1 Å². The van der Waals surface area contributed by atoms with Crippen LogP contribution in [-0.2, 0) is 41.7 Å². The first-order chi connectivity index (χ1) is 23.8. The van der Waals surface area contributed by atoms with E-state index in [1.54, 1.807) is 0 Å². The number of thioether (sulfide) groups is 1. The van der Waals surface area contributed by atoms with Gasteiger partial charge in [0.05, 0.1) is 16.6 Å². The predicted molar refractivity (Wildman–Crippen MR) is 181 cm³/mol. The fourth-order valence-corrected chi connectivity index (χ4v) is 7.31. The Morgan fingerprint density at radius 1 is 0.857 bits per heavy atom. The number of nitrogens with zero attached hydrogens (tertiary/aromatic N) is 2. The Bertz CT molecular complexity index is 1820. The lowest BCUT2D eigenvalue weighted by Crippen LogP contribution is -2.70. The molecule has 0 radical (unpaired) electrons. The molecule has 2 unspecified atom stereocenters. The number of ether oxygens (including phenoxy) is 2. The molecule has 2 aliphatic rings. The van der Waals surface area contributed by atoms with Gasteiger partial charge >= 0.3 is 11.9 Å². The number of carbonyl (C=O) groups excluding carboxylic acids is 4. The van der Waals surface area contributed by atoms with E-state index in [4.69, 9.17) is 9.47 Å². The molecule has 2 aliphatic heterocycles. The second-order valence-corrected chi connectivity index (χ2v) is 12.7. The minimum absolute atomic E-state index is 0.0852. The summed E-state index contributed by atoms with van der Waals surface area (Å²) >= 11 is 1.26. The summed E-state index contributed by atoms with van der Waals surface area (Å²) in [6.45, 7) is -0.184. The molecule has 0 saturated carbocycles. The van der Waals surface area contributed by atoms with Crippen molar-refractivity contribution < 1.29 is 33.6 Å². The maximum atomic E-state index is 13.5. The standard InChI is InChI=1S/C37H31N3O8S/c41-30(22-24-10-4-1-5-11-24)38-32-35(43)39-33(37(44)47-23-25-16-18-28(19-17-25)40(45)46)29(49-36(32)39)20-21-31(42)48-34(26-12-6-2-7-13-26)27-14-8-3-9-15-27/h1-21,29,32-34,36H,22-23H2,(H,38,41)/b21-20+/t29?,32-,33?,36-/m1/s1. The molecule has 2 amide bonds. The second-order valence-electron chi connectivity index (χ2n) is 11.4. The molecular formula is C37H31N3O8S. The average Bonchev–Trinajstić information content (AvgIpc) is 3.47. The topological polar surface area (TPSA) is 145 Å². The minimum Gasteiger partial charge on any atom is -0.459 e. The number of carbonyl (C=O) groups is 4. The highest BCUT2D eigenvalue weighted by Gasteiger charge is 2.61. The Morgan fingerprint density at radius 3 is 2.04 bits per heavy atom. The van der Waals surface area contributed by atoms with Gasteiger partial charge in [-0.3, -0.25) is 19.7 Å². The summed E-state index contributed by atoms with van der Waals surface area (Å²) in [6, 6.07) is 31.3. The fourth-order valence-electron chi connectivity index (χ4n) is 5.72. The maximum Gasteiger partial charge on any atom is 0.331 e. The highest BCUT2D eigenvalue weighted by Crippen LogP contribution is 2.45. The lowest BCUT2D eigenvalue weighted by molar-refractivity contribution is -0.384. The third-order valence-electron chi connectivity index (χ3n) is 8.14. The number of rotatable bonds is 12. The van der Waals surface area contributed by atoms with Gasteiger partial charge in [0.25, 0.3) is 5.69 Å². The number of amides is 2. The predicted octanol–water partition coefficient (Wildman–Crippen LogP) is 4.91. The van der Waals surface area contributed by atoms with Crippen molar-refractivity contribution in [1.29, 1.82) is 0 Å². The van der Waals surface area contributed by atoms with E-state index in [1.807, 2.05) is 91.0 Å². The number of nitro groups is 1. The Labute approximate surface area is 286 Å². The molecular weight excluding hydrogens is 646 g/mol. The van der Waals surface area contributed by atoms with Crippen molar-refractivity contribution in [3.05, 3.63) is 160 Å². The maximum absolute atomic E-state index is 13.5. The SMILES string of the molecule is O=C(Cc1ccccc1)N[C@@H]1C(=O)N2C(C(=O)OCc3ccc([N+](=O)[O-])cc3)C(/C=C/C(=O)OC(c3ccccc3)c3ccccc3)S[C@H]12. The summed E-state index contributed by atoms with van der Waals surface area (Å²) < 4.78 is 11.5. The molecule has 4 aromatic rings. The first-order valence-electron chi connectivity index (χ1n) is 15.5. The zero-order valence-electron chi connectivity index (χ0n) is 26.0. The van der Waals surface area contributed by atoms with E-state index < -0.39 is 51.6 Å². The molecule has 0 aromatic heterocycles. The van der Waals surface area contributed by atoms with Gasteiger partial charge in [-0.2, -0.15) is 0 Å². The Balaban J connectivity index is 1.18. The first-order valence-corrected chi connectivity index (χ1v) is 16.4. The normalized spacial score (nSPS) is 19.6. The van der Waals surface area contributed by atoms with Crippen LogP contribution in [0, 0.1) is 10.1 Å². The van der Waals surface area contributed by atoms with Gasteiger partial charge in [0.2, 0.25) is 11.8 Å². The molecule has 2 saturated heterocycles. The van der Waals surface area contributed by atoms with Gasteiger partial charge in [0.1, 0.15) is 24.1 Å². The Morgan fingerprint density at radius 2 is 1.45 bits per heavy atom. The number of β-lactam (4-membered cyclic amide) rings is 1. The molecule has 0 aliphatic carbocycles. The molecule has 4 atom stereocenters. The monoisotopic (exact) mass is 677 g/mol. The van der Waals surface area contributed by atoms with Crippen molar-refractivity contribution in [3.8, 4) is 0 Å². The van der Waals surface area contributed by atoms with E-state index in [9.17, 15) is 29.3 Å². The number of hydrogen-bond acceptors (Lipinski definition) is 9. The highest BCUT2D eigenvalue weighted by molar-refractivity contribution is 8.01. The zero-order valence-corrected chi connectivity index (χ0v) is 26.8. The molecule has 11 nitrogen and oxygen atoms in total. The van der Waals surface area contributed by atoms with E-state index in [0.717, 1.165) is 16.7 Å². The Hall–Kier alpha value is -5.75. The number of non-ortho nitro benzene ring substituents is 1. The van der Waals surface area contributed by atoms with Crippen LogP contribution in [0.15, 0.2) is 127 Å². The van der Waals surface area contributed by atoms with Gasteiger partial charge in [-0.1, -0.05) is 97.1 Å². The molecule has 12 heteroatoms. The second kappa shape index (κ2) is 15.0. The van der Waals surface area contributed by atoms with Crippen molar-refractivity contribution in [1.82, 2.24) is 10.2 Å². The summed E-state index contributed by atoms with van der Waals surface area (Å²) in [4.78, 5) is 64.8. The number of esters is 2. The minimum atomic E-state index is -1.09. The van der Waals surface area contributed by atoms with Crippen LogP contribution >= 0.6 is 11.8 Å². The number of benzene rings is 4. The largest absolute Gasteiger partial charge is 0.459 e. The third-order valence-corrected chi connectivity index (χ3v) is 9.65. The summed E-state index contributed by atoms with van der Waals surface area (Å²) in [7, 11) is 0. The van der Waals surface area contributed by atoms with Gasteiger partial charge in [-0.05, 0) is 34.4 Å². The van der Waals surface area contributed by atoms with Crippen LogP contribution in [0.4, 0.5) is 5.69 Å². The quantitative estimate of drug-likeness (QED) is 0.0727. The van der Waals surface area contributed by atoms with Gasteiger partial charge in [0.15, 0.2) is 6.10 Å². The van der Waals surface area contributed by atoms with Crippen LogP contribution < -0.4 is 5.32 Å². The van der Waals surface area contributed by atoms with E-state index in [0.29, 0.717) is 5.56 Å². The molecule has 248 valence electrons. The molecule has 2 heterocycles. The smallest absolute Gasteiger partial charge is 0.331 e. The van der Waals surface area contributed by atoms with Gasteiger partial charge in [-0.25, -0.2) is 9.59 Å². The number of nitrogens with one attached hydrogen (secondary N) is 1. The van der Waals surface area contributed by atoms with Crippen molar-refractivity contribution in [3.63, 3.8) is 0 Å².